The van der Waals surface area contributed by atoms with Gasteiger partial charge in [0.1, 0.15) is 0 Å². The fraction of sp³-hybridized carbons (Fsp3) is 0.600. The highest BCUT2D eigenvalue weighted by molar-refractivity contribution is 5.89. The zero-order valence-electron chi connectivity index (χ0n) is 9.35. The van der Waals surface area contributed by atoms with Gasteiger partial charge in [-0.25, -0.2) is 9.59 Å². The fourth-order valence-electron chi connectivity index (χ4n) is 1.17. The number of hydrogen-bond donors (Lipinski definition) is 3. The number of nitrogens with one attached hydrogen (secondary N) is 1. The van der Waals surface area contributed by atoms with Gasteiger partial charge in [-0.3, -0.25) is 0 Å². The summed E-state index contributed by atoms with van der Waals surface area (Å²) in [6, 6.07) is 0. The molecule has 3 N–H and O–H groups in total. The zero-order chi connectivity index (χ0) is 12.4. The van der Waals surface area contributed by atoms with Crippen LogP contribution in [0.2, 0.25) is 0 Å². The molecule has 6 nitrogen and oxygen atoms in total. The van der Waals surface area contributed by atoms with Crippen LogP contribution in [0.4, 0.5) is 0 Å². The number of carboxylic acids is 2. The smallest absolute Gasteiger partial charge is 0.328 e. The lowest BCUT2D eigenvalue weighted by atomic mass is 10.4. The molecule has 0 bridgehead atoms. The van der Waals surface area contributed by atoms with Gasteiger partial charge >= 0.3 is 11.9 Å². The molecule has 0 aromatic rings. The summed E-state index contributed by atoms with van der Waals surface area (Å²) in [4.78, 5) is 21.6. The first kappa shape index (κ1) is 14.6. The van der Waals surface area contributed by atoms with E-state index in [1.807, 2.05) is 0 Å². The Kier molecular flexibility index (Phi) is 8.10. The van der Waals surface area contributed by atoms with Crippen LogP contribution in [-0.4, -0.2) is 59.8 Å². The van der Waals surface area contributed by atoms with Crippen molar-refractivity contribution >= 4 is 11.9 Å². The van der Waals surface area contributed by atoms with Crippen molar-refractivity contribution in [3.05, 3.63) is 12.2 Å². The molecule has 0 aliphatic carbocycles. The minimum absolute atomic E-state index is 0.558. The molecule has 6 heteroatoms. The number of likely N-dealkylation sites (N-methyl/N-ethyl adjacent to an activating group) is 1. The Morgan fingerprint density at radius 1 is 1.19 bits per heavy atom. The van der Waals surface area contributed by atoms with E-state index in [0.29, 0.717) is 12.2 Å². The number of aliphatic carboxylic acids is 2. The Labute approximate surface area is 94.6 Å². The second kappa shape index (κ2) is 8.87. The van der Waals surface area contributed by atoms with Crippen LogP contribution >= 0.6 is 0 Å². The predicted octanol–water partition coefficient (Wildman–Crippen LogP) is -0.377. The highest BCUT2D eigenvalue weighted by Gasteiger charge is 2.04. The van der Waals surface area contributed by atoms with Crippen molar-refractivity contribution in [2.24, 2.45) is 0 Å². The van der Waals surface area contributed by atoms with E-state index >= 15 is 0 Å². The van der Waals surface area contributed by atoms with Gasteiger partial charge in [-0.2, -0.15) is 0 Å². The van der Waals surface area contributed by atoms with E-state index in [-0.39, 0.29) is 0 Å². The van der Waals surface area contributed by atoms with Crippen LogP contribution in [0.25, 0.3) is 0 Å². The number of carbonyl (C=O) groups is 2. The van der Waals surface area contributed by atoms with E-state index in [1.54, 1.807) is 0 Å². The van der Waals surface area contributed by atoms with Crippen molar-refractivity contribution < 1.29 is 19.8 Å². The molecule has 1 rings (SSSR count). The maximum Gasteiger partial charge on any atom is 0.328 e. The second-order valence-electron chi connectivity index (χ2n) is 3.19. The van der Waals surface area contributed by atoms with Gasteiger partial charge in [0.15, 0.2) is 0 Å². The first-order valence-electron chi connectivity index (χ1n) is 5.13. The topological polar surface area (TPSA) is 89.9 Å². The molecular weight excluding hydrogens is 212 g/mol. The first-order valence-corrected chi connectivity index (χ1v) is 5.13. The molecule has 0 aromatic carbocycles. The number of nitrogens with zero attached hydrogens (tertiary/aromatic N) is 1. The van der Waals surface area contributed by atoms with Crippen LogP contribution in [0.5, 0.6) is 0 Å². The summed E-state index contributed by atoms with van der Waals surface area (Å²) < 4.78 is 0. The van der Waals surface area contributed by atoms with Crippen LogP contribution < -0.4 is 5.32 Å². The largest absolute Gasteiger partial charge is 0.478 e. The molecule has 1 aliphatic heterocycles. The molecule has 0 atom stereocenters. The van der Waals surface area contributed by atoms with Crippen molar-refractivity contribution in [2.75, 3.05) is 32.7 Å². The van der Waals surface area contributed by atoms with Crippen LogP contribution in [0.1, 0.15) is 6.92 Å². The van der Waals surface area contributed by atoms with Gasteiger partial charge < -0.3 is 20.4 Å². The molecule has 1 aliphatic rings. The van der Waals surface area contributed by atoms with Crippen molar-refractivity contribution in [3.8, 4) is 0 Å². The van der Waals surface area contributed by atoms with Crippen LogP contribution in [0.3, 0.4) is 0 Å². The molecule has 0 amide bonds. The average molecular weight is 230 g/mol. The van der Waals surface area contributed by atoms with Crippen LogP contribution in [-0.2, 0) is 9.59 Å². The summed E-state index contributed by atoms with van der Waals surface area (Å²) in [7, 11) is 0. The van der Waals surface area contributed by atoms with E-state index in [1.165, 1.54) is 32.7 Å². The molecule has 1 fully saturated rings. The molecular formula is C10H18N2O4. The Morgan fingerprint density at radius 3 is 1.88 bits per heavy atom. The maximum atomic E-state index is 9.55. The van der Waals surface area contributed by atoms with Crippen LogP contribution in [0, 0.1) is 0 Å². The van der Waals surface area contributed by atoms with E-state index in [0.717, 1.165) is 0 Å². The van der Waals surface area contributed by atoms with E-state index < -0.39 is 11.9 Å². The number of piperazine rings is 1. The van der Waals surface area contributed by atoms with Gasteiger partial charge in [-0.1, -0.05) is 6.92 Å². The van der Waals surface area contributed by atoms with Crippen molar-refractivity contribution in [1.29, 1.82) is 0 Å². The van der Waals surface area contributed by atoms with E-state index in [4.69, 9.17) is 10.2 Å². The van der Waals surface area contributed by atoms with Crippen LogP contribution in [0.15, 0.2) is 12.2 Å². The molecule has 0 saturated carbocycles. The molecule has 0 spiro atoms. The summed E-state index contributed by atoms with van der Waals surface area (Å²) >= 11 is 0. The monoisotopic (exact) mass is 230 g/mol. The summed E-state index contributed by atoms with van der Waals surface area (Å²) in [6.45, 7) is 8.24. The normalized spacial score (nSPS) is 16.6. The Bertz CT molecular complexity index is 231. The van der Waals surface area contributed by atoms with Gasteiger partial charge in [0.25, 0.3) is 0 Å². The fourth-order valence-corrected chi connectivity index (χ4v) is 1.17. The minimum Gasteiger partial charge on any atom is -0.478 e. The highest BCUT2D eigenvalue weighted by atomic mass is 16.4. The number of rotatable bonds is 3. The SMILES string of the molecule is CCN1CCNCC1.O=C(O)/C=C/C(=O)O. The second-order valence-corrected chi connectivity index (χ2v) is 3.19. The third-order valence-corrected chi connectivity index (χ3v) is 2.03. The van der Waals surface area contributed by atoms with Gasteiger partial charge in [0.2, 0.25) is 0 Å². The van der Waals surface area contributed by atoms with Gasteiger partial charge in [-0.05, 0) is 6.54 Å². The lowest BCUT2D eigenvalue weighted by molar-refractivity contribution is -0.134. The average Bonchev–Trinajstić information content (AvgIpc) is 2.28. The van der Waals surface area contributed by atoms with Crippen molar-refractivity contribution in [1.82, 2.24) is 10.2 Å². The Morgan fingerprint density at radius 2 is 1.62 bits per heavy atom. The van der Waals surface area contributed by atoms with Crippen molar-refractivity contribution in [2.45, 2.75) is 6.92 Å². The maximum absolute atomic E-state index is 9.55. The highest BCUT2D eigenvalue weighted by Crippen LogP contribution is 1.88. The third kappa shape index (κ3) is 9.17. The summed E-state index contributed by atoms with van der Waals surface area (Å²) in [6.07, 6.45) is 1.12. The Balaban J connectivity index is 0.000000281. The number of carboxylic acid groups (broad SMARTS) is 2. The molecule has 1 heterocycles. The van der Waals surface area contributed by atoms with Crippen molar-refractivity contribution in [3.63, 3.8) is 0 Å². The molecule has 0 radical (unpaired) electrons. The van der Waals surface area contributed by atoms with Gasteiger partial charge in [0.05, 0.1) is 0 Å². The summed E-state index contributed by atoms with van der Waals surface area (Å²) in [5, 5.41) is 18.9. The lowest BCUT2D eigenvalue weighted by Gasteiger charge is -2.25. The quantitative estimate of drug-likeness (QED) is 0.573. The molecule has 16 heavy (non-hydrogen) atoms. The zero-order valence-corrected chi connectivity index (χ0v) is 9.35. The third-order valence-electron chi connectivity index (χ3n) is 2.03. The summed E-state index contributed by atoms with van der Waals surface area (Å²) in [5.41, 5.74) is 0. The number of hydrogen-bond acceptors (Lipinski definition) is 4. The van der Waals surface area contributed by atoms with Gasteiger partial charge in [0, 0.05) is 38.3 Å². The molecule has 0 unspecified atom stereocenters. The Hall–Kier alpha value is -1.40. The minimum atomic E-state index is -1.26. The molecule has 1 saturated heterocycles. The first-order chi connectivity index (χ1) is 7.56. The molecule has 92 valence electrons. The standard InChI is InChI=1S/C6H14N2.C4H4O4/c1-2-8-5-3-7-4-6-8;5-3(6)1-2-4(7)8/h7H,2-6H2,1H3;1-2H,(H,5,6)(H,7,8)/b;2-1+. The molecule has 0 aromatic heterocycles. The van der Waals surface area contributed by atoms with E-state index in [2.05, 4.69) is 17.1 Å². The van der Waals surface area contributed by atoms with Gasteiger partial charge in [-0.15, -0.1) is 0 Å². The van der Waals surface area contributed by atoms with E-state index in [9.17, 15) is 9.59 Å². The predicted molar refractivity (Wildman–Crippen MR) is 59.4 cm³/mol. The summed E-state index contributed by atoms with van der Waals surface area (Å²) in [5.74, 6) is -2.51. The lowest BCUT2D eigenvalue weighted by Crippen LogP contribution is -2.43.